The van der Waals surface area contributed by atoms with Gasteiger partial charge in [0.2, 0.25) is 0 Å². The molecule has 0 aliphatic heterocycles. The third-order valence-electron chi connectivity index (χ3n) is 3.29. The van der Waals surface area contributed by atoms with E-state index in [2.05, 4.69) is 4.98 Å². The maximum Gasteiger partial charge on any atom is 0.146 e. The molecule has 1 aromatic heterocycles. The number of hydrogen-bond donors (Lipinski definition) is 1. The van der Waals surface area contributed by atoms with Crippen LogP contribution < -0.4 is 5.73 Å². The van der Waals surface area contributed by atoms with E-state index in [4.69, 9.17) is 17.3 Å². The van der Waals surface area contributed by atoms with Gasteiger partial charge in [0.1, 0.15) is 5.82 Å². The molecule has 4 heteroatoms. The molecule has 2 aromatic carbocycles. The van der Waals surface area contributed by atoms with Gasteiger partial charge in [0.05, 0.1) is 16.6 Å². The van der Waals surface area contributed by atoms with Crippen LogP contribution in [0, 0.1) is 5.82 Å². The zero-order chi connectivity index (χ0) is 14.1. The number of nitrogens with zero attached hydrogens (tertiary/aromatic N) is 1. The Hall–Kier alpha value is -1.97. The van der Waals surface area contributed by atoms with Gasteiger partial charge < -0.3 is 5.73 Å². The summed E-state index contributed by atoms with van der Waals surface area (Å²) < 4.78 is 14.0. The molecule has 3 rings (SSSR count). The molecule has 2 nitrogen and oxygen atoms in total. The Morgan fingerprint density at radius 1 is 1.10 bits per heavy atom. The van der Waals surface area contributed by atoms with Crippen LogP contribution in [0.25, 0.3) is 10.9 Å². The second-order valence-corrected chi connectivity index (χ2v) is 4.99. The van der Waals surface area contributed by atoms with E-state index in [0.29, 0.717) is 5.56 Å². The first-order chi connectivity index (χ1) is 9.66. The fourth-order valence-electron chi connectivity index (χ4n) is 2.20. The minimum absolute atomic E-state index is 0.0756. The summed E-state index contributed by atoms with van der Waals surface area (Å²) >= 11 is 5.79. The molecule has 0 spiro atoms. The SMILES string of the molecule is NC(c1cnc2ccccc2c1)c1cccc(Cl)c1F. The van der Waals surface area contributed by atoms with Gasteiger partial charge in [0.15, 0.2) is 0 Å². The van der Waals surface area contributed by atoms with E-state index in [1.807, 2.05) is 30.3 Å². The van der Waals surface area contributed by atoms with Crippen LogP contribution in [0.15, 0.2) is 54.7 Å². The van der Waals surface area contributed by atoms with Crippen LogP contribution in [-0.4, -0.2) is 4.98 Å². The molecule has 1 unspecified atom stereocenters. The van der Waals surface area contributed by atoms with Crippen molar-refractivity contribution >= 4 is 22.5 Å². The Balaban J connectivity index is 2.08. The zero-order valence-corrected chi connectivity index (χ0v) is 11.3. The van der Waals surface area contributed by atoms with E-state index in [1.54, 1.807) is 18.3 Å². The number of benzene rings is 2. The lowest BCUT2D eigenvalue weighted by Crippen LogP contribution is -2.14. The molecule has 0 aliphatic rings. The molecule has 3 aromatic rings. The van der Waals surface area contributed by atoms with Gasteiger partial charge >= 0.3 is 0 Å². The fourth-order valence-corrected chi connectivity index (χ4v) is 2.38. The smallest absolute Gasteiger partial charge is 0.146 e. The van der Waals surface area contributed by atoms with Crippen LogP contribution in [0.2, 0.25) is 5.02 Å². The van der Waals surface area contributed by atoms with Crippen molar-refractivity contribution in [3.63, 3.8) is 0 Å². The van der Waals surface area contributed by atoms with Crippen LogP contribution in [0.1, 0.15) is 17.2 Å². The average molecular weight is 287 g/mol. The average Bonchev–Trinajstić information content (AvgIpc) is 2.49. The van der Waals surface area contributed by atoms with Crippen LogP contribution >= 0.6 is 11.6 Å². The lowest BCUT2D eigenvalue weighted by molar-refractivity contribution is 0.600. The summed E-state index contributed by atoms with van der Waals surface area (Å²) in [7, 11) is 0. The lowest BCUT2D eigenvalue weighted by atomic mass is 9.99. The Kier molecular flexibility index (Phi) is 3.38. The molecule has 100 valence electrons. The highest BCUT2D eigenvalue weighted by atomic mass is 35.5. The Labute approximate surface area is 121 Å². The number of fused-ring (bicyclic) bond motifs is 1. The number of nitrogens with two attached hydrogens (primary N) is 1. The molecule has 0 saturated heterocycles. The number of aromatic nitrogens is 1. The van der Waals surface area contributed by atoms with Gasteiger partial charge in [-0.25, -0.2) is 4.39 Å². The van der Waals surface area contributed by atoms with Gasteiger partial charge in [-0.05, 0) is 23.8 Å². The quantitative estimate of drug-likeness (QED) is 0.771. The highest BCUT2D eigenvalue weighted by molar-refractivity contribution is 6.30. The van der Waals surface area contributed by atoms with Gasteiger partial charge in [-0.3, -0.25) is 4.98 Å². The molecular weight excluding hydrogens is 275 g/mol. The summed E-state index contributed by atoms with van der Waals surface area (Å²) in [6, 6.07) is 13.9. The minimum Gasteiger partial charge on any atom is -0.320 e. The number of hydrogen-bond acceptors (Lipinski definition) is 2. The van der Waals surface area contributed by atoms with Crippen molar-refractivity contribution in [1.82, 2.24) is 4.98 Å². The summed E-state index contributed by atoms with van der Waals surface area (Å²) in [4.78, 5) is 4.34. The van der Waals surface area contributed by atoms with Crippen molar-refractivity contribution in [1.29, 1.82) is 0 Å². The molecule has 1 heterocycles. The molecule has 1 atom stereocenters. The lowest BCUT2D eigenvalue weighted by Gasteiger charge is -2.14. The number of halogens is 2. The summed E-state index contributed by atoms with van der Waals surface area (Å²) in [5, 5.41) is 1.05. The molecule has 0 amide bonds. The second-order valence-electron chi connectivity index (χ2n) is 4.58. The first-order valence-electron chi connectivity index (χ1n) is 6.21. The molecule has 0 saturated carbocycles. The molecule has 20 heavy (non-hydrogen) atoms. The number of pyridine rings is 1. The largest absolute Gasteiger partial charge is 0.320 e. The molecule has 0 radical (unpaired) electrons. The molecule has 0 fully saturated rings. The fraction of sp³-hybridized carbons (Fsp3) is 0.0625. The highest BCUT2D eigenvalue weighted by Gasteiger charge is 2.16. The molecule has 0 bridgehead atoms. The summed E-state index contributed by atoms with van der Waals surface area (Å²) in [6.45, 7) is 0. The predicted molar refractivity (Wildman–Crippen MR) is 79.2 cm³/mol. The Morgan fingerprint density at radius 2 is 1.90 bits per heavy atom. The Bertz CT molecular complexity index is 773. The van der Waals surface area contributed by atoms with Crippen molar-refractivity contribution in [3.8, 4) is 0 Å². The topological polar surface area (TPSA) is 38.9 Å². The third kappa shape index (κ3) is 2.26. The van der Waals surface area contributed by atoms with Crippen molar-refractivity contribution in [2.75, 3.05) is 0 Å². The Morgan fingerprint density at radius 3 is 2.75 bits per heavy atom. The van der Waals surface area contributed by atoms with Crippen LogP contribution in [0.4, 0.5) is 4.39 Å². The standard InChI is InChI=1S/C16H12ClFN2/c17-13-6-3-5-12(15(13)18)16(19)11-8-10-4-1-2-7-14(10)20-9-11/h1-9,16H,19H2. The van der Waals surface area contributed by atoms with Crippen molar-refractivity contribution in [3.05, 3.63) is 76.7 Å². The van der Waals surface area contributed by atoms with E-state index < -0.39 is 11.9 Å². The highest BCUT2D eigenvalue weighted by Crippen LogP contribution is 2.27. The van der Waals surface area contributed by atoms with Gasteiger partial charge in [-0.2, -0.15) is 0 Å². The van der Waals surface area contributed by atoms with E-state index >= 15 is 0 Å². The monoisotopic (exact) mass is 286 g/mol. The maximum atomic E-state index is 14.0. The molecule has 2 N–H and O–H groups in total. The van der Waals surface area contributed by atoms with Gasteiger partial charge in [0, 0.05) is 17.1 Å². The van der Waals surface area contributed by atoms with Gasteiger partial charge in [0.25, 0.3) is 0 Å². The minimum atomic E-state index is -0.592. The van der Waals surface area contributed by atoms with E-state index in [1.165, 1.54) is 6.07 Å². The van der Waals surface area contributed by atoms with Crippen LogP contribution in [0.5, 0.6) is 0 Å². The number of rotatable bonds is 2. The van der Waals surface area contributed by atoms with Crippen LogP contribution in [0.3, 0.4) is 0 Å². The second kappa shape index (κ2) is 5.19. The van der Waals surface area contributed by atoms with Crippen molar-refractivity contribution < 1.29 is 4.39 Å². The van der Waals surface area contributed by atoms with Crippen molar-refractivity contribution in [2.45, 2.75) is 6.04 Å². The van der Waals surface area contributed by atoms with E-state index in [-0.39, 0.29) is 5.02 Å². The van der Waals surface area contributed by atoms with E-state index in [0.717, 1.165) is 16.5 Å². The first-order valence-corrected chi connectivity index (χ1v) is 6.59. The molecule has 0 aliphatic carbocycles. The summed E-state index contributed by atoms with van der Waals surface area (Å²) in [5.74, 6) is -0.477. The summed E-state index contributed by atoms with van der Waals surface area (Å²) in [6.07, 6.45) is 1.67. The van der Waals surface area contributed by atoms with Crippen LogP contribution in [-0.2, 0) is 0 Å². The van der Waals surface area contributed by atoms with E-state index in [9.17, 15) is 4.39 Å². The van der Waals surface area contributed by atoms with Crippen molar-refractivity contribution in [2.24, 2.45) is 5.73 Å². The third-order valence-corrected chi connectivity index (χ3v) is 3.58. The normalized spacial score (nSPS) is 12.6. The zero-order valence-electron chi connectivity index (χ0n) is 10.6. The first kappa shape index (κ1) is 13.0. The summed E-state index contributed by atoms with van der Waals surface area (Å²) in [5.41, 5.74) is 8.15. The predicted octanol–water partition coefficient (Wildman–Crippen LogP) is 4.08. The number of para-hydroxylation sites is 1. The maximum absolute atomic E-state index is 14.0. The van der Waals surface area contributed by atoms with Gasteiger partial charge in [-0.15, -0.1) is 0 Å². The molecular formula is C16H12ClFN2. The van der Waals surface area contributed by atoms with Gasteiger partial charge in [-0.1, -0.05) is 41.9 Å².